The molecule has 0 aliphatic rings. The van der Waals surface area contributed by atoms with Crippen LogP contribution in [0.25, 0.3) is 0 Å². The Morgan fingerprint density at radius 2 is 1.70 bits per heavy atom. The summed E-state index contributed by atoms with van der Waals surface area (Å²) in [7, 11) is 0. The number of anilines is 1. The zero-order valence-corrected chi connectivity index (χ0v) is 11.3. The number of nitro groups is 1. The summed E-state index contributed by atoms with van der Waals surface area (Å²) in [4.78, 5) is 10.3. The van der Waals surface area contributed by atoms with Gasteiger partial charge in [-0.1, -0.05) is 29.8 Å². The average molecular weight is 293 g/mol. The van der Waals surface area contributed by atoms with Crippen molar-refractivity contribution >= 4 is 23.0 Å². The van der Waals surface area contributed by atoms with Crippen LogP contribution in [-0.4, -0.2) is 4.92 Å². The van der Waals surface area contributed by atoms with Gasteiger partial charge in [0.2, 0.25) is 0 Å². The summed E-state index contributed by atoms with van der Waals surface area (Å²) in [5.41, 5.74) is 7.27. The van der Waals surface area contributed by atoms with Gasteiger partial charge in [0, 0.05) is 11.1 Å². The van der Waals surface area contributed by atoms with Crippen molar-refractivity contribution in [2.75, 3.05) is 5.73 Å². The molecule has 6 heteroatoms. The van der Waals surface area contributed by atoms with Crippen LogP contribution in [0, 0.1) is 10.1 Å². The Labute approximate surface area is 121 Å². The predicted molar refractivity (Wildman–Crippen MR) is 77.5 cm³/mol. The summed E-state index contributed by atoms with van der Waals surface area (Å²) in [5.74, 6) is 0. The molecule has 0 saturated carbocycles. The Morgan fingerprint density at radius 1 is 1.10 bits per heavy atom. The number of nitrogen functional groups attached to an aromatic ring is 1. The van der Waals surface area contributed by atoms with E-state index < -0.39 is 4.92 Å². The quantitative estimate of drug-likeness (QED) is 0.519. The van der Waals surface area contributed by atoms with Crippen LogP contribution in [0.3, 0.4) is 0 Å². The molecular weight excluding hydrogens is 280 g/mol. The van der Waals surface area contributed by atoms with Gasteiger partial charge in [-0.25, -0.2) is 0 Å². The Hall–Kier alpha value is -2.11. The van der Waals surface area contributed by atoms with Crippen molar-refractivity contribution in [2.24, 2.45) is 0 Å². The van der Waals surface area contributed by atoms with Gasteiger partial charge < -0.3 is 10.5 Å². The number of hydrogen-bond acceptors (Lipinski definition) is 4. The first kappa shape index (κ1) is 14.3. The van der Waals surface area contributed by atoms with Gasteiger partial charge in [-0.3, -0.25) is 10.1 Å². The molecule has 0 saturated heterocycles. The molecular formula is C14H13ClN2O3. The minimum absolute atomic E-state index is 0.0995. The smallest absolute Gasteiger partial charge is 0.292 e. The van der Waals surface area contributed by atoms with E-state index in [9.17, 15) is 10.1 Å². The first-order chi connectivity index (χ1) is 9.56. The molecule has 0 aliphatic carbocycles. The number of rotatable bonds is 5. The summed E-state index contributed by atoms with van der Waals surface area (Å²) >= 11 is 5.79. The normalized spacial score (nSPS) is 10.4. The van der Waals surface area contributed by atoms with Gasteiger partial charge in [0.25, 0.3) is 5.69 Å². The van der Waals surface area contributed by atoms with E-state index in [1.807, 2.05) is 12.1 Å². The van der Waals surface area contributed by atoms with Gasteiger partial charge >= 0.3 is 0 Å². The highest BCUT2D eigenvalue weighted by Gasteiger charge is 2.11. The van der Waals surface area contributed by atoms with Crippen molar-refractivity contribution in [1.29, 1.82) is 0 Å². The Kier molecular flexibility index (Phi) is 4.55. The van der Waals surface area contributed by atoms with Crippen LogP contribution in [0.1, 0.15) is 11.1 Å². The van der Waals surface area contributed by atoms with Crippen LogP contribution in [-0.2, 0) is 18.0 Å². The van der Waals surface area contributed by atoms with Crippen molar-refractivity contribution in [3.05, 3.63) is 68.7 Å². The first-order valence-corrected chi connectivity index (χ1v) is 6.29. The number of nitro benzene ring substituents is 1. The highest BCUT2D eigenvalue weighted by atomic mass is 35.5. The van der Waals surface area contributed by atoms with E-state index in [2.05, 4.69) is 0 Å². The number of nitrogens with zero attached hydrogens (tertiary/aromatic N) is 1. The maximum atomic E-state index is 10.8. The highest BCUT2D eigenvalue weighted by Crippen LogP contribution is 2.22. The fraction of sp³-hybridized carbons (Fsp3) is 0.143. The molecule has 0 heterocycles. The molecule has 2 rings (SSSR count). The Bertz CT molecular complexity index is 614. The molecule has 5 nitrogen and oxygen atoms in total. The number of ether oxygens (including phenoxy) is 1. The molecule has 2 aromatic carbocycles. The predicted octanol–water partition coefficient (Wildman–Crippen LogP) is 3.55. The summed E-state index contributed by atoms with van der Waals surface area (Å²) in [6.45, 7) is 0.694. The highest BCUT2D eigenvalue weighted by molar-refractivity contribution is 6.30. The van der Waals surface area contributed by atoms with E-state index in [1.165, 1.54) is 12.1 Å². The molecule has 0 amide bonds. The lowest BCUT2D eigenvalue weighted by Crippen LogP contribution is -1.99. The minimum Gasteiger partial charge on any atom is -0.393 e. The van der Waals surface area contributed by atoms with E-state index in [-0.39, 0.29) is 18.0 Å². The second-order valence-electron chi connectivity index (χ2n) is 4.27. The molecule has 2 N–H and O–H groups in total. The van der Waals surface area contributed by atoms with Crippen LogP contribution in [0.4, 0.5) is 11.4 Å². The second-order valence-corrected chi connectivity index (χ2v) is 4.71. The number of halogens is 1. The number of nitrogens with two attached hydrogens (primary N) is 1. The molecule has 0 fully saturated rings. The van der Waals surface area contributed by atoms with Crippen molar-refractivity contribution in [3.8, 4) is 0 Å². The number of hydrogen-bond donors (Lipinski definition) is 1. The molecule has 0 unspecified atom stereocenters. The first-order valence-electron chi connectivity index (χ1n) is 5.91. The molecule has 2 aromatic rings. The van der Waals surface area contributed by atoms with E-state index in [4.69, 9.17) is 22.1 Å². The van der Waals surface area contributed by atoms with Crippen molar-refractivity contribution in [2.45, 2.75) is 13.2 Å². The van der Waals surface area contributed by atoms with Crippen molar-refractivity contribution in [1.82, 2.24) is 0 Å². The SMILES string of the molecule is Nc1ccc(COCc2ccc(Cl)cc2)cc1[N+](=O)[O-]. The standard InChI is InChI=1S/C14H13ClN2O3/c15-12-4-1-10(2-5-12)8-20-9-11-3-6-13(16)14(7-11)17(18)19/h1-7H,8-9,16H2. The molecule has 0 bridgehead atoms. The molecule has 0 radical (unpaired) electrons. The summed E-state index contributed by atoms with van der Waals surface area (Å²) in [6.07, 6.45) is 0. The van der Waals surface area contributed by atoms with E-state index in [0.717, 1.165) is 5.56 Å². The van der Waals surface area contributed by atoms with Crippen LogP contribution >= 0.6 is 11.6 Å². The fourth-order valence-electron chi connectivity index (χ4n) is 1.70. The Balaban J connectivity index is 1.96. The van der Waals surface area contributed by atoms with Crippen LogP contribution in [0.15, 0.2) is 42.5 Å². The lowest BCUT2D eigenvalue weighted by molar-refractivity contribution is -0.384. The van der Waals surface area contributed by atoms with Gasteiger partial charge in [0.1, 0.15) is 5.69 Å². The van der Waals surface area contributed by atoms with Gasteiger partial charge in [0.05, 0.1) is 18.1 Å². The van der Waals surface area contributed by atoms with Crippen LogP contribution in [0.5, 0.6) is 0 Å². The summed E-state index contributed by atoms with van der Waals surface area (Å²) < 4.78 is 5.51. The minimum atomic E-state index is -0.502. The Morgan fingerprint density at radius 3 is 2.35 bits per heavy atom. The molecule has 0 spiro atoms. The summed E-state index contributed by atoms with van der Waals surface area (Å²) in [5, 5.41) is 11.4. The van der Waals surface area contributed by atoms with Crippen molar-refractivity contribution in [3.63, 3.8) is 0 Å². The van der Waals surface area contributed by atoms with E-state index in [1.54, 1.807) is 18.2 Å². The zero-order valence-electron chi connectivity index (χ0n) is 10.6. The van der Waals surface area contributed by atoms with Crippen molar-refractivity contribution < 1.29 is 9.66 Å². The lowest BCUT2D eigenvalue weighted by Gasteiger charge is -2.06. The zero-order chi connectivity index (χ0) is 14.5. The fourth-order valence-corrected chi connectivity index (χ4v) is 1.83. The molecule has 0 atom stereocenters. The number of benzene rings is 2. The maximum Gasteiger partial charge on any atom is 0.292 e. The van der Waals surface area contributed by atoms with E-state index >= 15 is 0 Å². The van der Waals surface area contributed by atoms with Gasteiger partial charge in [-0.15, -0.1) is 0 Å². The van der Waals surface area contributed by atoms with Crippen LogP contribution < -0.4 is 5.73 Å². The largest absolute Gasteiger partial charge is 0.393 e. The van der Waals surface area contributed by atoms with Gasteiger partial charge in [0.15, 0.2) is 0 Å². The monoisotopic (exact) mass is 292 g/mol. The third-order valence-corrected chi connectivity index (χ3v) is 2.99. The third-order valence-electron chi connectivity index (χ3n) is 2.74. The third kappa shape index (κ3) is 3.69. The van der Waals surface area contributed by atoms with Gasteiger partial charge in [-0.05, 0) is 29.3 Å². The van der Waals surface area contributed by atoms with E-state index in [0.29, 0.717) is 17.2 Å². The average Bonchev–Trinajstić information content (AvgIpc) is 2.42. The summed E-state index contributed by atoms with van der Waals surface area (Å²) in [6, 6.07) is 12.0. The lowest BCUT2D eigenvalue weighted by atomic mass is 10.2. The van der Waals surface area contributed by atoms with Gasteiger partial charge in [-0.2, -0.15) is 0 Å². The van der Waals surface area contributed by atoms with Crippen LogP contribution in [0.2, 0.25) is 5.02 Å². The maximum absolute atomic E-state index is 10.8. The molecule has 0 aromatic heterocycles. The topological polar surface area (TPSA) is 78.4 Å². The molecule has 0 aliphatic heterocycles. The second kappa shape index (κ2) is 6.36. The molecule has 104 valence electrons. The molecule has 20 heavy (non-hydrogen) atoms.